The zero-order valence-corrected chi connectivity index (χ0v) is 35.2. The maximum absolute atomic E-state index is 8.56. The molecular weight excluding hydrogens is 903 g/mol. The number of fused-ring (bicyclic) bond motifs is 5. The summed E-state index contributed by atoms with van der Waals surface area (Å²) in [4.78, 5) is 9.24. The van der Waals surface area contributed by atoms with E-state index in [4.69, 9.17) is 26.2 Å². The second-order valence-electron chi connectivity index (χ2n) is 15.0. The van der Waals surface area contributed by atoms with Crippen molar-refractivity contribution in [2.24, 2.45) is 0 Å². The molecule has 6 aromatic carbocycles. The fraction of sp³-hybridized carbons (Fsp3) is 0.170. The van der Waals surface area contributed by atoms with Crippen LogP contribution in [0.2, 0.25) is 0 Å². The smallest absolute Gasteiger partial charge is 0.135 e. The summed E-state index contributed by atoms with van der Waals surface area (Å²) in [5, 5.41) is 3.00. The fourth-order valence-corrected chi connectivity index (χ4v) is 7.59. The predicted molar refractivity (Wildman–Crippen MR) is 239 cm³/mol. The molecule has 0 amide bonds. The van der Waals surface area contributed by atoms with Crippen molar-refractivity contribution < 1.29 is 41.3 Å². The van der Waals surface area contributed by atoms with Gasteiger partial charge in [0.25, 0.3) is 0 Å². The molecule has 0 aliphatic rings. The van der Waals surface area contributed by atoms with Crippen molar-refractivity contribution in [3.05, 3.63) is 174 Å². The van der Waals surface area contributed by atoms with Crippen molar-refractivity contribution >= 4 is 43.9 Å². The number of hydrogen-bond acceptors (Lipinski definition) is 4. The third-order valence-corrected chi connectivity index (χ3v) is 10.4. The Morgan fingerprint density at radius 2 is 1.46 bits per heavy atom. The molecule has 10 rings (SSSR count). The summed E-state index contributed by atoms with van der Waals surface area (Å²) >= 11 is 0. The first kappa shape index (κ1) is 30.0. The van der Waals surface area contributed by atoms with Gasteiger partial charge in [0.1, 0.15) is 16.9 Å². The molecule has 0 unspecified atom stereocenters. The van der Waals surface area contributed by atoms with Gasteiger partial charge in [-0.3, -0.25) is 4.98 Å². The Balaban J connectivity index is 0.000000251. The quantitative estimate of drug-likeness (QED) is 0.156. The molecule has 6 heteroatoms. The number of benzene rings is 6. The molecule has 10 aromatic rings. The maximum atomic E-state index is 8.56. The number of rotatable bonds is 6. The molecule has 5 nitrogen and oxygen atoms in total. The van der Waals surface area contributed by atoms with E-state index in [2.05, 4.69) is 73.6 Å². The summed E-state index contributed by atoms with van der Waals surface area (Å²) in [6.45, 7) is 1.96. The molecule has 4 aromatic heterocycles. The van der Waals surface area contributed by atoms with Crippen molar-refractivity contribution in [3.63, 3.8) is 0 Å². The van der Waals surface area contributed by atoms with Crippen LogP contribution in [0.5, 0.6) is 0 Å². The Morgan fingerprint density at radius 1 is 0.695 bits per heavy atom. The normalized spacial score (nSPS) is 14.4. The van der Waals surface area contributed by atoms with E-state index in [1.165, 1.54) is 24.4 Å². The van der Waals surface area contributed by atoms with Crippen LogP contribution in [0.3, 0.4) is 0 Å². The molecule has 0 aliphatic carbocycles. The first-order chi connectivity index (χ1) is 31.8. The Hall–Kier alpha value is -6.07. The van der Waals surface area contributed by atoms with Gasteiger partial charge in [0.15, 0.2) is 0 Å². The number of para-hydroxylation sites is 3. The predicted octanol–water partition coefficient (Wildman–Crippen LogP) is 14.5. The molecule has 0 saturated heterocycles. The van der Waals surface area contributed by atoms with Crippen molar-refractivity contribution in [3.8, 4) is 39.7 Å². The van der Waals surface area contributed by atoms with Gasteiger partial charge in [-0.25, -0.2) is 0 Å². The molecule has 295 valence electrons. The van der Waals surface area contributed by atoms with Crippen LogP contribution in [0.4, 0.5) is 0 Å². The molecule has 0 spiro atoms. The van der Waals surface area contributed by atoms with Gasteiger partial charge in [-0.1, -0.05) is 106 Å². The van der Waals surface area contributed by atoms with E-state index in [0.717, 1.165) is 55.5 Å². The molecule has 0 fully saturated rings. The Kier molecular flexibility index (Phi) is 8.29. The third-order valence-electron chi connectivity index (χ3n) is 10.4. The summed E-state index contributed by atoms with van der Waals surface area (Å²) in [7, 11) is 0. The molecule has 0 bridgehead atoms. The van der Waals surface area contributed by atoms with Crippen LogP contribution in [0, 0.1) is 32.7 Å². The third kappa shape index (κ3) is 7.44. The molecule has 0 atom stereocenters. The number of hydrogen-bond donors (Lipinski definition) is 0. The van der Waals surface area contributed by atoms with Gasteiger partial charge in [0.2, 0.25) is 0 Å². The molecule has 1 radical (unpaired) electrons. The van der Waals surface area contributed by atoms with E-state index in [1.807, 2.05) is 60.7 Å². The average Bonchev–Trinajstić information content (AvgIpc) is 4.02. The van der Waals surface area contributed by atoms with Crippen LogP contribution in [-0.2, 0) is 20.1 Å². The van der Waals surface area contributed by atoms with Crippen molar-refractivity contribution in [2.75, 3.05) is 0 Å². The Bertz CT molecular complexity index is 3320. The van der Waals surface area contributed by atoms with E-state index < -0.39 is 20.6 Å². The van der Waals surface area contributed by atoms with E-state index in [1.54, 1.807) is 24.3 Å². The van der Waals surface area contributed by atoms with Crippen LogP contribution >= 0.6 is 0 Å². The SMILES string of the molecule is [2H]C([2H])([2H])c1c[c-]c(-c2ccc(C([2H])([2H])[2H])cn2)cc1.[2H]C([2H])([2H])c1cccc2nc(-c3[c-]ccc4c3oc3ccccc34)n(-c3c(C(C)C)cc(-c4cc5ccccc5o4)cc3C(C)C)c12.[Ir]. The monoisotopic (exact) mass is 957 g/mol. The van der Waals surface area contributed by atoms with Crippen molar-refractivity contribution in [1.29, 1.82) is 0 Å². The maximum Gasteiger partial charge on any atom is 0.135 e. The largest absolute Gasteiger partial charge is 0.501 e. The van der Waals surface area contributed by atoms with Crippen LogP contribution in [0.1, 0.15) is 79.7 Å². The topological polar surface area (TPSA) is 57.0 Å². The molecule has 59 heavy (non-hydrogen) atoms. The van der Waals surface area contributed by atoms with Gasteiger partial charge < -0.3 is 18.4 Å². The number of imidazole rings is 1. The minimum Gasteiger partial charge on any atom is -0.501 e. The standard InChI is InChI=1S/C40H33N2O2.C13H12N.Ir/c1-23(2)31-20-27(36-22-26-13-6-8-18-34(26)43-36)21-32(24(3)4)38(31)42-37-25(5)12-10-17-33(37)41-40(42)30-16-11-15-29-28-14-7-9-19-35(28)44-39(29)30;1-10-3-6-12(7-4-10)13-8-5-11(2)9-14-13;/h6-15,17-24H,1-5H3;3-6,8-9H,1-2H3;/q2*-1;/i5D3;1D3,2D3;. The molecule has 0 saturated carbocycles. The number of aryl methyl sites for hydroxylation is 3. The van der Waals surface area contributed by atoms with Crippen LogP contribution in [-0.4, -0.2) is 14.5 Å². The fourth-order valence-electron chi connectivity index (χ4n) is 7.59. The Morgan fingerprint density at radius 3 is 2.15 bits per heavy atom. The minimum absolute atomic E-state index is 0. The van der Waals surface area contributed by atoms with E-state index in [-0.39, 0.29) is 48.6 Å². The number of pyridine rings is 1. The average molecular weight is 957 g/mol. The zero-order valence-electron chi connectivity index (χ0n) is 41.8. The molecule has 0 aliphatic heterocycles. The van der Waals surface area contributed by atoms with Crippen LogP contribution in [0.25, 0.3) is 83.6 Å². The minimum atomic E-state index is -2.37. The summed E-state index contributed by atoms with van der Waals surface area (Å²) in [5.41, 5.74) is 9.92. The van der Waals surface area contributed by atoms with E-state index in [9.17, 15) is 0 Å². The first-order valence-electron chi connectivity index (χ1n) is 23.8. The molecular formula is C53H45IrN3O2-2. The van der Waals surface area contributed by atoms with Gasteiger partial charge in [0, 0.05) is 60.7 Å². The van der Waals surface area contributed by atoms with Gasteiger partial charge in [-0.2, -0.15) is 0 Å². The summed E-state index contributed by atoms with van der Waals surface area (Å²) in [6, 6.07) is 45.6. The van der Waals surface area contributed by atoms with Gasteiger partial charge >= 0.3 is 0 Å². The second kappa shape index (κ2) is 16.3. The number of aromatic nitrogens is 3. The van der Waals surface area contributed by atoms with E-state index in [0.29, 0.717) is 39.3 Å². The van der Waals surface area contributed by atoms with Gasteiger partial charge in [0.05, 0.1) is 22.4 Å². The van der Waals surface area contributed by atoms with Gasteiger partial charge in [-0.15, -0.1) is 53.6 Å². The Labute approximate surface area is 371 Å². The second-order valence-corrected chi connectivity index (χ2v) is 15.0. The molecule has 0 N–H and O–H groups in total. The number of furan rings is 2. The van der Waals surface area contributed by atoms with Crippen LogP contribution in [0.15, 0.2) is 142 Å². The van der Waals surface area contributed by atoms with Crippen molar-refractivity contribution in [1.82, 2.24) is 14.5 Å². The number of nitrogens with zero attached hydrogens (tertiary/aromatic N) is 3. The first-order valence-corrected chi connectivity index (χ1v) is 19.3. The van der Waals surface area contributed by atoms with Gasteiger partial charge in [-0.05, 0) is 89.9 Å². The summed E-state index contributed by atoms with van der Waals surface area (Å²) in [6.07, 6.45) is 1.30. The summed E-state index contributed by atoms with van der Waals surface area (Å²) < 4.78 is 84.2. The zero-order chi connectivity index (χ0) is 47.6. The summed E-state index contributed by atoms with van der Waals surface area (Å²) in [5.74, 6) is 1.55. The van der Waals surface area contributed by atoms with E-state index >= 15 is 0 Å². The van der Waals surface area contributed by atoms with Crippen LogP contribution < -0.4 is 0 Å². The molecule has 4 heterocycles. The van der Waals surface area contributed by atoms with Crippen molar-refractivity contribution in [2.45, 2.75) is 60.1 Å².